The van der Waals surface area contributed by atoms with Gasteiger partial charge in [0, 0.05) is 16.9 Å². The molecule has 2 N–H and O–H groups in total. The zero-order valence-electron chi connectivity index (χ0n) is 19.6. The summed E-state index contributed by atoms with van der Waals surface area (Å²) in [6, 6.07) is 13.4. The average molecular weight is 487 g/mol. The first-order valence-corrected chi connectivity index (χ1v) is 11.3. The number of benzene rings is 2. The zero-order valence-corrected chi connectivity index (χ0v) is 19.6. The number of nitrogens with zero attached hydrogens (tertiary/aromatic N) is 2. The number of guanidine groups is 1. The number of aliphatic imine (C=N–C) groups is 1. The molecule has 5 nitrogen and oxygen atoms in total. The monoisotopic (exact) mass is 486 g/mol. The molecule has 184 valence electrons. The molecule has 1 aliphatic carbocycles. The van der Waals surface area contributed by atoms with Crippen LogP contribution in [0.2, 0.25) is 0 Å². The number of carbonyl (C=O) groups excluding carboxylic acids is 1. The van der Waals surface area contributed by atoms with Crippen LogP contribution in [0.4, 0.5) is 29.1 Å². The van der Waals surface area contributed by atoms with E-state index >= 15 is 0 Å². The lowest BCUT2D eigenvalue weighted by atomic mass is 10.1. The first-order valence-electron chi connectivity index (χ1n) is 11.3. The molecular formula is C26H26F4N4O. The van der Waals surface area contributed by atoms with Crippen molar-refractivity contribution < 1.29 is 22.4 Å². The third-order valence-corrected chi connectivity index (χ3v) is 5.09. The third kappa shape index (κ3) is 7.11. The van der Waals surface area contributed by atoms with E-state index in [0.717, 1.165) is 42.7 Å². The number of anilines is 1. The lowest BCUT2D eigenvalue weighted by Crippen LogP contribution is -2.36. The molecule has 1 saturated carbocycles. The van der Waals surface area contributed by atoms with Crippen molar-refractivity contribution in [3.05, 3.63) is 88.9 Å². The van der Waals surface area contributed by atoms with Crippen LogP contribution < -0.4 is 10.6 Å². The number of carbonyl (C=O) groups is 1. The number of hydrogen-bond donors (Lipinski definition) is 2. The summed E-state index contributed by atoms with van der Waals surface area (Å²) in [6.45, 7) is 5.79. The smallest absolute Gasteiger partial charge is 0.325 e. The molecule has 9 heteroatoms. The van der Waals surface area contributed by atoms with Crippen LogP contribution in [0.15, 0.2) is 65.7 Å². The summed E-state index contributed by atoms with van der Waals surface area (Å²) in [5.41, 5.74) is 1.23. The first kappa shape index (κ1) is 25.9. The number of pyridine rings is 1. The van der Waals surface area contributed by atoms with Crippen molar-refractivity contribution in [2.24, 2.45) is 4.99 Å². The standard InChI is InChI=1S/C24H20F4N4O.C2H6/c1-14-3-2-4-21(29-14)31-23(30-20-12-11-18(25)13-19(20)15-5-6-15)32-22(33)16-7-9-17(10-8-16)24(26,27)28;1-2/h2-4,7-13,15H,5-6H2,1H3,(H2,29,30,31,32,33);1-2H3. The van der Waals surface area contributed by atoms with E-state index in [1.165, 1.54) is 12.1 Å². The second-order valence-corrected chi connectivity index (χ2v) is 7.76. The number of aromatic nitrogens is 1. The normalized spacial score (nSPS) is 13.5. The van der Waals surface area contributed by atoms with Gasteiger partial charge in [0.15, 0.2) is 5.82 Å². The van der Waals surface area contributed by atoms with E-state index in [4.69, 9.17) is 0 Å². The highest BCUT2D eigenvalue weighted by Gasteiger charge is 2.30. The molecule has 1 heterocycles. The Bertz CT molecular complexity index is 1200. The highest BCUT2D eigenvalue weighted by atomic mass is 19.4. The Morgan fingerprint density at radius 2 is 1.71 bits per heavy atom. The number of alkyl halides is 3. The van der Waals surface area contributed by atoms with Crippen LogP contribution >= 0.6 is 0 Å². The zero-order chi connectivity index (χ0) is 25.6. The summed E-state index contributed by atoms with van der Waals surface area (Å²) < 4.78 is 52.3. The second kappa shape index (κ2) is 11.1. The van der Waals surface area contributed by atoms with Crippen molar-refractivity contribution in [1.82, 2.24) is 10.3 Å². The number of amides is 1. The fraction of sp³-hybridized carbons (Fsp3) is 0.269. The van der Waals surface area contributed by atoms with Crippen molar-refractivity contribution in [3.63, 3.8) is 0 Å². The van der Waals surface area contributed by atoms with Gasteiger partial charge in [0.05, 0.1) is 5.56 Å². The molecule has 1 aliphatic rings. The molecule has 0 unspecified atom stereocenters. The van der Waals surface area contributed by atoms with Gasteiger partial charge in [0.1, 0.15) is 5.82 Å². The summed E-state index contributed by atoms with van der Waals surface area (Å²) in [5.74, 6) is -0.466. The van der Waals surface area contributed by atoms with Gasteiger partial charge >= 0.3 is 6.18 Å². The molecule has 0 radical (unpaired) electrons. The van der Waals surface area contributed by atoms with Gasteiger partial charge in [-0.15, -0.1) is 0 Å². The maximum Gasteiger partial charge on any atom is 0.416 e. The number of nitrogens with one attached hydrogen (secondary N) is 2. The predicted molar refractivity (Wildman–Crippen MR) is 128 cm³/mol. The average Bonchev–Trinajstić information content (AvgIpc) is 3.66. The van der Waals surface area contributed by atoms with Gasteiger partial charge in [-0.1, -0.05) is 19.9 Å². The fourth-order valence-electron chi connectivity index (χ4n) is 3.29. The Morgan fingerprint density at radius 3 is 2.31 bits per heavy atom. The van der Waals surface area contributed by atoms with Crippen LogP contribution in [0.5, 0.6) is 0 Å². The fourth-order valence-corrected chi connectivity index (χ4v) is 3.29. The van der Waals surface area contributed by atoms with Gasteiger partial charge in [0.2, 0.25) is 5.96 Å². The molecule has 3 aromatic rings. The summed E-state index contributed by atoms with van der Waals surface area (Å²) in [4.78, 5) is 21.4. The van der Waals surface area contributed by atoms with Crippen molar-refractivity contribution >= 4 is 23.4 Å². The van der Waals surface area contributed by atoms with E-state index < -0.39 is 17.6 Å². The van der Waals surface area contributed by atoms with Crippen molar-refractivity contribution in [3.8, 4) is 0 Å². The minimum Gasteiger partial charge on any atom is -0.325 e. The molecule has 0 bridgehead atoms. The quantitative estimate of drug-likeness (QED) is 0.238. The molecule has 1 fully saturated rings. The van der Waals surface area contributed by atoms with E-state index in [0.29, 0.717) is 17.2 Å². The molecule has 0 spiro atoms. The van der Waals surface area contributed by atoms with Crippen LogP contribution in [0.1, 0.15) is 59.8 Å². The van der Waals surface area contributed by atoms with Gasteiger partial charge < -0.3 is 5.32 Å². The first-order chi connectivity index (χ1) is 16.7. The second-order valence-electron chi connectivity index (χ2n) is 7.76. The number of aryl methyl sites for hydroxylation is 1. The molecule has 35 heavy (non-hydrogen) atoms. The molecule has 4 rings (SSSR count). The van der Waals surface area contributed by atoms with E-state index in [2.05, 4.69) is 20.6 Å². The SMILES string of the molecule is CC.Cc1cccc(/N=C(/NC(=O)c2ccc(C(F)(F)F)cc2)Nc2ccc(F)cc2C2CC2)n1. The Labute approximate surface area is 201 Å². The van der Waals surface area contributed by atoms with Gasteiger partial charge in [-0.3, -0.25) is 10.1 Å². The van der Waals surface area contributed by atoms with E-state index in [-0.39, 0.29) is 23.3 Å². The van der Waals surface area contributed by atoms with E-state index in [1.54, 1.807) is 31.2 Å². The third-order valence-electron chi connectivity index (χ3n) is 5.09. The minimum absolute atomic E-state index is 0.0199. The molecule has 1 amide bonds. The van der Waals surface area contributed by atoms with E-state index in [1.807, 2.05) is 13.8 Å². The Morgan fingerprint density at radius 1 is 1.03 bits per heavy atom. The Hall–Kier alpha value is -3.75. The maximum absolute atomic E-state index is 13.8. The van der Waals surface area contributed by atoms with Gasteiger partial charge in [-0.25, -0.2) is 9.37 Å². The highest BCUT2D eigenvalue weighted by molar-refractivity contribution is 6.10. The molecule has 2 aromatic carbocycles. The molecule has 0 saturated heterocycles. The summed E-state index contributed by atoms with van der Waals surface area (Å²) in [6.07, 6.45) is -2.63. The number of rotatable bonds is 4. The van der Waals surface area contributed by atoms with Crippen LogP contribution in [-0.4, -0.2) is 16.9 Å². The lowest BCUT2D eigenvalue weighted by molar-refractivity contribution is -0.137. The Kier molecular flexibility index (Phi) is 8.22. The maximum atomic E-state index is 13.8. The highest BCUT2D eigenvalue weighted by Crippen LogP contribution is 2.43. The van der Waals surface area contributed by atoms with Crippen molar-refractivity contribution in [2.75, 3.05) is 5.32 Å². The van der Waals surface area contributed by atoms with E-state index in [9.17, 15) is 22.4 Å². The minimum atomic E-state index is -4.50. The van der Waals surface area contributed by atoms with Gasteiger partial charge in [0.25, 0.3) is 5.91 Å². The lowest BCUT2D eigenvalue weighted by Gasteiger charge is -2.15. The topological polar surface area (TPSA) is 66.4 Å². The predicted octanol–water partition coefficient (Wildman–Crippen LogP) is 6.98. The van der Waals surface area contributed by atoms with Crippen LogP contribution in [0.25, 0.3) is 0 Å². The molecular weight excluding hydrogens is 460 g/mol. The molecule has 0 atom stereocenters. The van der Waals surface area contributed by atoms with Gasteiger partial charge in [-0.2, -0.15) is 18.2 Å². The van der Waals surface area contributed by atoms with Crippen LogP contribution in [0.3, 0.4) is 0 Å². The molecule has 0 aliphatic heterocycles. The molecule has 1 aromatic heterocycles. The summed E-state index contributed by atoms with van der Waals surface area (Å²) >= 11 is 0. The van der Waals surface area contributed by atoms with Crippen LogP contribution in [-0.2, 0) is 6.18 Å². The number of hydrogen-bond acceptors (Lipinski definition) is 3. The summed E-state index contributed by atoms with van der Waals surface area (Å²) in [7, 11) is 0. The van der Waals surface area contributed by atoms with Crippen molar-refractivity contribution in [2.45, 2.75) is 45.7 Å². The van der Waals surface area contributed by atoms with Crippen LogP contribution in [0, 0.1) is 12.7 Å². The number of halogens is 4. The summed E-state index contributed by atoms with van der Waals surface area (Å²) in [5, 5.41) is 5.63. The largest absolute Gasteiger partial charge is 0.416 e. The Balaban J connectivity index is 0.00000167. The van der Waals surface area contributed by atoms with Gasteiger partial charge in [-0.05, 0) is 85.8 Å². The van der Waals surface area contributed by atoms with Crippen molar-refractivity contribution in [1.29, 1.82) is 0 Å².